The first kappa shape index (κ1) is 12.5. The predicted octanol–water partition coefficient (Wildman–Crippen LogP) is -0.127. The molecule has 0 amide bonds. The Morgan fingerprint density at radius 1 is 1.50 bits per heavy atom. The molecule has 1 aromatic rings. The van der Waals surface area contributed by atoms with Gasteiger partial charge in [-0.1, -0.05) is 0 Å². The van der Waals surface area contributed by atoms with E-state index in [1.165, 1.54) is 0 Å². The second-order valence-corrected chi connectivity index (χ2v) is 3.96. The first-order chi connectivity index (χ1) is 7.50. The minimum Gasteiger partial charge on any atom is -0.480 e. The quantitative estimate of drug-likeness (QED) is 0.732. The molecule has 1 aromatic heterocycles. The van der Waals surface area contributed by atoms with Crippen LogP contribution >= 0.6 is 0 Å². The molecule has 90 valence electrons. The highest BCUT2D eigenvalue weighted by Crippen LogP contribution is 2.08. The highest BCUT2D eigenvalue weighted by atomic mass is 16.4. The second kappa shape index (κ2) is 5.50. The third-order valence-electron chi connectivity index (χ3n) is 2.22. The van der Waals surface area contributed by atoms with Gasteiger partial charge >= 0.3 is 5.97 Å². The minimum atomic E-state index is -0.846. The molecule has 0 radical (unpaired) electrons. The Morgan fingerprint density at radius 2 is 2.19 bits per heavy atom. The summed E-state index contributed by atoms with van der Waals surface area (Å²) in [4.78, 5) is 18.7. The van der Waals surface area contributed by atoms with E-state index in [0.717, 1.165) is 6.54 Å². The highest BCUT2D eigenvalue weighted by Gasteiger charge is 2.14. The molecule has 0 aromatic carbocycles. The van der Waals surface area contributed by atoms with E-state index < -0.39 is 5.97 Å². The smallest absolute Gasteiger partial charge is 0.323 e. The van der Waals surface area contributed by atoms with E-state index in [2.05, 4.69) is 4.98 Å². The van der Waals surface area contributed by atoms with E-state index in [4.69, 9.17) is 5.11 Å². The number of aliphatic carboxylic acids is 1. The van der Waals surface area contributed by atoms with E-state index >= 15 is 0 Å². The van der Waals surface area contributed by atoms with Crippen LogP contribution in [-0.4, -0.2) is 59.3 Å². The monoisotopic (exact) mass is 226 g/mol. The van der Waals surface area contributed by atoms with Gasteiger partial charge in [-0.25, -0.2) is 4.98 Å². The summed E-state index contributed by atoms with van der Waals surface area (Å²) in [5.74, 6) is -0.161. The van der Waals surface area contributed by atoms with Crippen LogP contribution in [0.25, 0.3) is 0 Å². The number of carbonyl (C=O) groups is 1. The van der Waals surface area contributed by atoms with E-state index in [0.29, 0.717) is 12.5 Å². The number of likely N-dealkylation sites (N-methyl/N-ethyl adjacent to an activating group) is 1. The summed E-state index contributed by atoms with van der Waals surface area (Å²) in [6.45, 7) is 1.41. The lowest BCUT2D eigenvalue weighted by Crippen LogP contribution is -2.37. The fourth-order valence-electron chi connectivity index (χ4n) is 1.40. The van der Waals surface area contributed by atoms with Crippen molar-refractivity contribution in [2.45, 2.75) is 0 Å². The van der Waals surface area contributed by atoms with E-state index in [-0.39, 0.29) is 6.54 Å². The third-order valence-corrected chi connectivity index (χ3v) is 2.22. The molecule has 6 nitrogen and oxygen atoms in total. The normalized spacial score (nSPS) is 10.8. The van der Waals surface area contributed by atoms with Gasteiger partial charge in [0.2, 0.25) is 5.95 Å². The number of carboxylic acids is 1. The Labute approximate surface area is 95.1 Å². The summed E-state index contributed by atoms with van der Waals surface area (Å²) in [7, 11) is 5.77. The Balaban J connectivity index is 2.71. The van der Waals surface area contributed by atoms with Crippen LogP contribution in [0.4, 0.5) is 5.95 Å². The predicted molar refractivity (Wildman–Crippen MR) is 61.6 cm³/mol. The molecular formula is C10H18N4O2. The largest absolute Gasteiger partial charge is 0.480 e. The second-order valence-electron chi connectivity index (χ2n) is 3.96. The van der Waals surface area contributed by atoms with E-state index in [1.807, 2.05) is 30.6 Å². The Hall–Kier alpha value is -1.56. The third kappa shape index (κ3) is 3.54. The minimum absolute atomic E-state index is 0.0291. The number of rotatable bonds is 6. The van der Waals surface area contributed by atoms with Crippen LogP contribution in [0, 0.1) is 0 Å². The van der Waals surface area contributed by atoms with E-state index in [9.17, 15) is 4.79 Å². The fourth-order valence-corrected chi connectivity index (χ4v) is 1.40. The molecule has 0 bridgehead atoms. The van der Waals surface area contributed by atoms with Crippen LogP contribution in [0.15, 0.2) is 12.4 Å². The summed E-state index contributed by atoms with van der Waals surface area (Å²) in [6, 6.07) is 0. The summed E-state index contributed by atoms with van der Waals surface area (Å²) in [5.41, 5.74) is 0. The number of hydrogen-bond donors (Lipinski definition) is 1. The zero-order valence-electron chi connectivity index (χ0n) is 9.92. The van der Waals surface area contributed by atoms with Gasteiger partial charge in [0.25, 0.3) is 0 Å². The van der Waals surface area contributed by atoms with Gasteiger partial charge in [-0.2, -0.15) is 0 Å². The average Bonchev–Trinajstić information content (AvgIpc) is 2.58. The van der Waals surface area contributed by atoms with Gasteiger partial charge in [-0.05, 0) is 14.1 Å². The number of nitrogens with zero attached hydrogens (tertiary/aromatic N) is 4. The molecule has 6 heteroatoms. The molecule has 0 fully saturated rings. The highest BCUT2D eigenvalue weighted by molar-refractivity contribution is 5.72. The average molecular weight is 226 g/mol. The van der Waals surface area contributed by atoms with Crippen molar-refractivity contribution in [3.8, 4) is 0 Å². The topological polar surface area (TPSA) is 61.6 Å². The molecule has 0 aliphatic heterocycles. The molecule has 1 N–H and O–H groups in total. The first-order valence-electron chi connectivity index (χ1n) is 5.09. The van der Waals surface area contributed by atoms with Crippen molar-refractivity contribution >= 4 is 11.9 Å². The zero-order chi connectivity index (χ0) is 12.1. The van der Waals surface area contributed by atoms with Crippen LogP contribution in [0.2, 0.25) is 0 Å². The van der Waals surface area contributed by atoms with E-state index in [1.54, 1.807) is 17.3 Å². The summed E-state index contributed by atoms with van der Waals surface area (Å²) in [5, 5.41) is 8.85. The van der Waals surface area contributed by atoms with Crippen LogP contribution in [-0.2, 0) is 11.8 Å². The first-order valence-corrected chi connectivity index (χ1v) is 5.09. The number of anilines is 1. The van der Waals surface area contributed by atoms with Crippen molar-refractivity contribution in [2.75, 3.05) is 38.6 Å². The molecule has 0 spiro atoms. The van der Waals surface area contributed by atoms with Gasteiger partial charge in [-0.15, -0.1) is 0 Å². The van der Waals surface area contributed by atoms with Crippen molar-refractivity contribution in [3.63, 3.8) is 0 Å². The summed E-state index contributed by atoms with van der Waals surface area (Å²) in [6.07, 6.45) is 3.47. The van der Waals surface area contributed by atoms with Crippen molar-refractivity contribution in [2.24, 2.45) is 7.05 Å². The number of aryl methyl sites for hydroxylation is 1. The molecular weight excluding hydrogens is 208 g/mol. The molecule has 0 aliphatic carbocycles. The van der Waals surface area contributed by atoms with Gasteiger partial charge in [-0.3, -0.25) is 4.79 Å². The summed E-state index contributed by atoms with van der Waals surface area (Å²) < 4.78 is 1.82. The fraction of sp³-hybridized carbons (Fsp3) is 0.600. The molecule has 16 heavy (non-hydrogen) atoms. The zero-order valence-corrected chi connectivity index (χ0v) is 9.92. The SMILES string of the molecule is CN(C)CCN(CC(=O)O)c1nccn1C. The Morgan fingerprint density at radius 3 is 2.62 bits per heavy atom. The lowest BCUT2D eigenvalue weighted by Gasteiger charge is -2.23. The van der Waals surface area contributed by atoms with Crippen molar-refractivity contribution in [1.29, 1.82) is 0 Å². The lowest BCUT2D eigenvalue weighted by molar-refractivity contribution is -0.135. The van der Waals surface area contributed by atoms with Crippen molar-refractivity contribution < 1.29 is 9.90 Å². The molecule has 0 saturated carbocycles. The van der Waals surface area contributed by atoms with Crippen LogP contribution < -0.4 is 4.90 Å². The molecule has 0 unspecified atom stereocenters. The van der Waals surface area contributed by atoms with Crippen LogP contribution in [0.3, 0.4) is 0 Å². The van der Waals surface area contributed by atoms with Gasteiger partial charge < -0.3 is 19.5 Å². The van der Waals surface area contributed by atoms with Crippen LogP contribution in [0.1, 0.15) is 0 Å². The molecule has 0 saturated heterocycles. The summed E-state index contributed by atoms with van der Waals surface area (Å²) >= 11 is 0. The maximum Gasteiger partial charge on any atom is 0.323 e. The van der Waals surface area contributed by atoms with Gasteiger partial charge in [0.05, 0.1) is 0 Å². The van der Waals surface area contributed by atoms with Crippen molar-refractivity contribution in [3.05, 3.63) is 12.4 Å². The maximum atomic E-state index is 10.8. The van der Waals surface area contributed by atoms with Crippen LogP contribution in [0.5, 0.6) is 0 Å². The van der Waals surface area contributed by atoms with Gasteiger partial charge in [0, 0.05) is 32.5 Å². The molecule has 0 atom stereocenters. The number of hydrogen-bond acceptors (Lipinski definition) is 4. The molecule has 0 aliphatic rings. The Kier molecular flexibility index (Phi) is 4.30. The van der Waals surface area contributed by atoms with Crippen molar-refractivity contribution in [1.82, 2.24) is 14.5 Å². The number of carboxylic acid groups (broad SMARTS) is 1. The number of aromatic nitrogens is 2. The Bertz CT molecular complexity index is 348. The molecule has 1 heterocycles. The lowest BCUT2D eigenvalue weighted by atomic mass is 10.4. The standard InChI is InChI=1S/C10H18N4O2/c1-12(2)6-7-14(8-9(15)16)10-11-4-5-13(10)3/h4-5H,6-8H2,1-3H3,(H,15,16). The van der Waals surface area contributed by atoms with Gasteiger partial charge in [0.15, 0.2) is 0 Å². The maximum absolute atomic E-state index is 10.8. The number of imidazole rings is 1. The molecule has 1 rings (SSSR count). The van der Waals surface area contributed by atoms with Gasteiger partial charge in [0.1, 0.15) is 6.54 Å².